The molecule has 3 aromatic carbocycles. The van der Waals surface area contributed by atoms with E-state index < -0.39 is 11.9 Å². The Labute approximate surface area is 245 Å². The maximum atomic E-state index is 12.8. The van der Waals surface area contributed by atoms with Crippen LogP contribution in [-0.4, -0.2) is 28.1 Å². The maximum Gasteiger partial charge on any atom is 1.00 e. The largest absolute Gasteiger partial charge is 1.00 e. The number of benzene rings is 3. The first-order valence-electron chi connectivity index (χ1n) is 11.1. The molecular weight excluding hydrogens is 526 g/mol. The second-order valence-electron chi connectivity index (χ2n) is 8.33. The first-order chi connectivity index (χ1) is 17.4. The van der Waals surface area contributed by atoms with E-state index in [-0.39, 0.29) is 53.4 Å². The standard InChI is InChI=1S/C27H20Cl2N2O5.Na/c28-18-2-1-3-19(11-18)31-15-16(14-30-31)10-24(32)17-4-6-20(7-5-17)36-26-13-25-22(12-23(26)29)21(27(33)34)8-9-35-25;/h1-7,11-15,21H,8-10H2,(H,33,34);/q;+1/p-1. The van der Waals surface area contributed by atoms with Crippen molar-refractivity contribution in [1.82, 2.24) is 9.78 Å². The summed E-state index contributed by atoms with van der Waals surface area (Å²) in [5.74, 6) is -0.818. The molecule has 1 atom stereocenters. The molecule has 182 valence electrons. The number of hydrogen-bond acceptors (Lipinski definition) is 6. The van der Waals surface area contributed by atoms with Crippen LogP contribution in [0.15, 0.2) is 73.1 Å². The van der Waals surface area contributed by atoms with Crippen LogP contribution >= 0.6 is 23.2 Å². The molecule has 0 saturated heterocycles. The number of halogens is 2. The van der Waals surface area contributed by atoms with E-state index in [0.717, 1.165) is 11.3 Å². The van der Waals surface area contributed by atoms with Crippen LogP contribution < -0.4 is 44.1 Å². The number of hydrogen-bond donors (Lipinski definition) is 0. The third kappa shape index (κ3) is 6.20. The van der Waals surface area contributed by atoms with Crippen molar-refractivity contribution in [3.8, 4) is 22.9 Å². The summed E-state index contributed by atoms with van der Waals surface area (Å²) in [6, 6.07) is 17.1. The molecule has 5 rings (SSSR count). The van der Waals surface area contributed by atoms with Gasteiger partial charge in [-0.25, -0.2) is 4.68 Å². The second-order valence-corrected chi connectivity index (χ2v) is 9.17. The average molecular weight is 545 g/mol. The number of aromatic nitrogens is 2. The van der Waals surface area contributed by atoms with Crippen molar-refractivity contribution in [2.24, 2.45) is 0 Å². The van der Waals surface area contributed by atoms with Crippen molar-refractivity contribution in [3.05, 3.63) is 99.8 Å². The topological polar surface area (TPSA) is 93.5 Å². The number of ether oxygens (including phenoxy) is 2. The zero-order valence-electron chi connectivity index (χ0n) is 19.8. The summed E-state index contributed by atoms with van der Waals surface area (Å²) in [5, 5.41) is 16.6. The summed E-state index contributed by atoms with van der Waals surface area (Å²) >= 11 is 12.4. The summed E-state index contributed by atoms with van der Waals surface area (Å²) in [4.78, 5) is 24.2. The predicted octanol–water partition coefficient (Wildman–Crippen LogP) is 2.02. The molecule has 0 amide bonds. The summed E-state index contributed by atoms with van der Waals surface area (Å²) in [6.07, 6.45) is 3.96. The first-order valence-corrected chi connectivity index (χ1v) is 11.9. The van der Waals surface area contributed by atoms with Gasteiger partial charge in [-0.15, -0.1) is 0 Å². The quantitative estimate of drug-likeness (QED) is 0.261. The number of carboxylic acid groups (broad SMARTS) is 1. The number of Topliss-reactive ketones (excluding diaryl/α,β-unsaturated/α-hetero) is 1. The van der Waals surface area contributed by atoms with Gasteiger partial charge in [0.15, 0.2) is 5.78 Å². The SMILES string of the molecule is O=C(Cc1cnn(-c2cccc(Cl)c2)c1)c1ccc(Oc2cc3c(cc2Cl)C(C(=O)[O-])CCO3)cc1.[Na+]. The average Bonchev–Trinajstić information content (AvgIpc) is 3.33. The summed E-state index contributed by atoms with van der Waals surface area (Å²) in [7, 11) is 0. The minimum Gasteiger partial charge on any atom is -0.549 e. The molecule has 0 spiro atoms. The van der Waals surface area contributed by atoms with Gasteiger partial charge in [0, 0.05) is 46.7 Å². The van der Waals surface area contributed by atoms with Gasteiger partial charge in [0.25, 0.3) is 0 Å². The van der Waals surface area contributed by atoms with E-state index in [1.165, 1.54) is 6.07 Å². The Morgan fingerprint density at radius 2 is 1.89 bits per heavy atom. The molecule has 1 aromatic heterocycles. The maximum absolute atomic E-state index is 12.8. The molecule has 1 aliphatic heterocycles. The molecule has 4 aromatic rings. The normalized spacial score (nSPS) is 14.2. The van der Waals surface area contributed by atoms with E-state index in [1.54, 1.807) is 59.5 Å². The Morgan fingerprint density at radius 3 is 2.62 bits per heavy atom. The number of aliphatic carboxylic acids is 1. The molecule has 1 aliphatic rings. The van der Waals surface area contributed by atoms with Crippen LogP contribution in [0.1, 0.15) is 33.8 Å². The number of carboxylic acids is 1. The van der Waals surface area contributed by atoms with Gasteiger partial charge in [0.1, 0.15) is 17.2 Å². The third-order valence-corrected chi connectivity index (χ3v) is 6.40. The molecule has 0 saturated carbocycles. The van der Waals surface area contributed by atoms with Crippen molar-refractivity contribution >= 4 is 35.0 Å². The monoisotopic (exact) mass is 544 g/mol. The number of rotatable bonds is 7. The Bertz CT molecular complexity index is 1460. The number of ketones is 1. The molecular formula is C27H19Cl2N2NaO5. The Kier molecular flexibility index (Phi) is 8.62. The molecule has 0 fully saturated rings. The number of nitrogens with zero attached hydrogens (tertiary/aromatic N) is 2. The van der Waals surface area contributed by atoms with E-state index in [4.69, 9.17) is 32.7 Å². The minimum absolute atomic E-state index is 0. The van der Waals surface area contributed by atoms with Crippen LogP contribution in [0, 0.1) is 0 Å². The number of fused-ring (bicyclic) bond motifs is 1. The van der Waals surface area contributed by atoms with E-state index >= 15 is 0 Å². The molecule has 7 nitrogen and oxygen atoms in total. The minimum atomic E-state index is -1.17. The Hall–Kier alpha value is -2.81. The van der Waals surface area contributed by atoms with E-state index in [1.807, 2.05) is 12.1 Å². The van der Waals surface area contributed by atoms with E-state index in [0.29, 0.717) is 39.8 Å². The van der Waals surface area contributed by atoms with Gasteiger partial charge in [-0.1, -0.05) is 29.3 Å². The number of carbonyl (C=O) groups is 2. The molecule has 37 heavy (non-hydrogen) atoms. The first kappa shape index (κ1) is 27.2. The van der Waals surface area contributed by atoms with Crippen molar-refractivity contribution in [2.75, 3.05) is 6.61 Å². The third-order valence-electron chi connectivity index (χ3n) is 5.87. The van der Waals surface area contributed by atoms with Crippen LogP contribution in [0.3, 0.4) is 0 Å². The zero-order chi connectivity index (χ0) is 25.2. The van der Waals surface area contributed by atoms with E-state index in [2.05, 4.69) is 5.10 Å². The van der Waals surface area contributed by atoms with Crippen LogP contribution in [0.4, 0.5) is 0 Å². The van der Waals surface area contributed by atoms with Crippen molar-refractivity contribution in [3.63, 3.8) is 0 Å². The summed E-state index contributed by atoms with van der Waals surface area (Å²) in [5.41, 5.74) is 2.58. The van der Waals surface area contributed by atoms with Crippen LogP contribution in [0.25, 0.3) is 5.69 Å². The van der Waals surface area contributed by atoms with Gasteiger partial charge in [-0.05, 0) is 60.5 Å². The van der Waals surface area contributed by atoms with E-state index in [9.17, 15) is 14.7 Å². The molecule has 10 heteroatoms. The fourth-order valence-electron chi connectivity index (χ4n) is 4.05. The van der Waals surface area contributed by atoms with Crippen LogP contribution in [0.5, 0.6) is 17.2 Å². The Morgan fingerprint density at radius 1 is 1.11 bits per heavy atom. The van der Waals surface area contributed by atoms with Gasteiger partial charge < -0.3 is 19.4 Å². The fourth-order valence-corrected chi connectivity index (χ4v) is 4.44. The smallest absolute Gasteiger partial charge is 0.549 e. The number of carbonyl (C=O) groups excluding carboxylic acids is 2. The van der Waals surface area contributed by atoms with Gasteiger partial charge in [0.2, 0.25) is 0 Å². The van der Waals surface area contributed by atoms with Gasteiger partial charge in [-0.3, -0.25) is 4.79 Å². The summed E-state index contributed by atoms with van der Waals surface area (Å²) < 4.78 is 13.1. The van der Waals surface area contributed by atoms with Crippen LogP contribution in [-0.2, 0) is 11.2 Å². The van der Waals surface area contributed by atoms with Crippen molar-refractivity contribution < 1.29 is 53.7 Å². The molecule has 0 radical (unpaired) electrons. The second kappa shape index (κ2) is 11.7. The van der Waals surface area contributed by atoms with Crippen molar-refractivity contribution in [1.29, 1.82) is 0 Å². The molecule has 0 N–H and O–H groups in total. The predicted molar refractivity (Wildman–Crippen MR) is 132 cm³/mol. The zero-order valence-corrected chi connectivity index (χ0v) is 23.3. The van der Waals surface area contributed by atoms with Crippen molar-refractivity contribution in [2.45, 2.75) is 18.8 Å². The van der Waals surface area contributed by atoms with Gasteiger partial charge in [-0.2, -0.15) is 5.10 Å². The van der Waals surface area contributed by atoms with Gasteiger partial charge >= 0.3 is 29.6 Å². The fraction of sp³-hybridized carbons (Fsp3) is 0.148. The van der Waals surface area contributed by atoms with Gasteiger partial charge in [0.05, 0.1) is 23.5 Å². The molecule has 0 aliphatic carbocycles. The van der Waals surface area contributed by atoms with Crippen LogP contribution in [0.2, 0.25) is 10.0 Å². The molecule has 0 bridgehead atoms. The molecule has 2 heterocycles. The summed E-state index contributed by atoms with van der Waals surface area (Å²) in [6.45, 7) is 0.265. The Balaban J connectivity index is 0.00000320. The molecule has 1 unspecified atom stereocenters.